The van der Waals surface area contributed by atoms with Gasteiger partial charge in [0.05, 0.1) is 6.04 Å². The van der Waals surface area contributed by atoms with E-state index in [1.54, 1.807) is 0 Å². The Morgan fingerprint density at radius 1 is 0.931 bits per heavy atom. The Morgan fingerprint density at radius 3 is 2.34 bits per heavy atom. The van der Waals surface area contributed by atoms with E-state index in [9.17, 15) is 9.59 Å². The predicted molar refractivity (Wildman–Crippen MR) is 117 cm³/mol. The Hall–Kier alpha value is -2.66. The number of carbonyl (C=O) groups is 2. The van der Waals surface area contributed by atoms with Gasteiger partial charge in [-0.15, -0.1) is 0 Å². The minimum absolute atomic E-state index is 0.137. The summed E-state index contributed by atoms with van der Waals surface area (Å²) in [5.74, 6) is -0.537. The lowest BCUT2D eigenvalue weighted by Gasteiger charge is -2.31. The maximum absolute atomic E-state index is 12.4. The molecular formula is C24H31N3O2. The number of nitrogens with zero attached hydrogens (tertiary/aromatic N) is 1. The van der Waals surface area contributed by atoms with Crippen LogP contribution in [0.2, 0.25) is 0 Å². The van der Waals surface area contributed by atoms with Crippen LogP contribution in [0.4, 0.5) is 5.69 Å². The smallest absolute Gasteiger partial charge is 0.233 e. The highest BCUT2D eigenvalue weighted by Crippen LogP contribution is 2.23. The zero-order chi connectivity index (χ0) is 20.5. The zero-order valence-corrected chi connectivity index (χ0v) is 17.2. The van der Waals surface area contributed by atoms with Gasteiger partial charge in [0, 0.05) is 12.2 Å². The fourth-order valence-corrected chi connectivity index (χ4v) is 3.89. The van der Waals surface area contributed by atoms with Crippen molar-refractivity contribution in [1.82, 2.24) is 10.2 Å². The van der Waals surface area contributed by atoms with Gasteiger partial charge in [-0.25, -0.2) is 0 Å². The summed E-state index contributed by atoms with van der Waals surface area (Å²) in [6.07, 6.45) is 4.74. The molecule has 0 aliphatic carbocycles. The summed E-state index contributed by atoms with van der Waals surface area (Å²) in [5.41, 5.74) is 2.99. The summed E-state index contributed by atoms with van der Waals surface area (Å²) in [6, 6.07) is 18.0. The lowest BCUT2D eigenvalue weighted by atomic mass is 10.0. The summed E-state index contributed by atoms with van der Waals surface area (Å²) in [4.78, 5) is 27.1. The molecule has 1 aliphatic heterocycles. The van der Waals surface area contributed by atoms with E-state index >= 15 is 0 Å². The van der Waals surface area contributed by atoms with Crippen molar-refractivity contribution in [3.63, 3.8) is 0 Å². The molecule has 1 saturated heterocycles. The standard InChI is InChI=1S/C24H31N3O2/c1-19-10-9-13-21(16-19)26-24(29)17-23(28)25-18-22(20-11-5-4-6-12-20)27-14-7-2-3-8-15-27/h4-6,9-13,16,22H,2-3,7-8,14-15,17-18H2,1H3,(H,25,28)(H,26,29). The van der Waals surface area contributed by atoms with Crippen molar-refractivity contribution in [3.05, 3.63) is 65.7 Å². The van der Waals surface area contributed by atoms with Crippen LogP contribution in [0.1, 0.15) is 49.3 Å². The molecule has 154 valence electrons. The normalized spacial score (nSPS) is 15.9. The van der Waals surface area contributed by atoms with Crippen LogP contribution in [0.25, 0.3) is 0 Å². The summed E-state index contributed by atoms with van der Waals surface area (Å²) >= 11 is 0. The molecule has 5 nitrogen and oxygen atoms in total. The number of rotatable bonds is 7. The number of hydrogen-bond donors (Lipinski definition) is 2. The molecule has 29 heavy (non-hydrogen) atoms. The van der Waals surface area contributed by atoms with Crippen LogP contribution in [0.3, 0.4) is 0 Å². The molecule has 0 saturated carbocycles. The first-order chi connectivity index (χ1) is 14.1. The number of carbonyl (C=O) groups excluding carboxylic acids is 2. The molecule has 3 rings (SSSR count). The number of amides is 2. The van der Waals surface area contributed by atoms with Crippen molar-refractivity contribution in [2.24, 2.45) is 0 Å². The number of aryl methyl sites for hydroxylation is 1. The van der Waals surface area contributed by atoms with E-state index in [1.165, 1.54) is 31.2 Å². The second kappa shape index (κ2) is 10.8. The minimum atomic E-state index is -0.292. The fraction of sp³-hybridized carbons (Fsp3) is 0.417. The lowest BCUT2D eigenvalue weighted by Crippen LogP contribution is -2.39. The first kappa shape index (κ1) is 21.1. The van der Waals surface area contributed by atoms with Gasteiger partial charge in [0.25, 0.3) is 0 Å². The van der Waals surface area contributed by atoms with Crippen LogP contribution in [-0.4, -0.2) is 36.3 Å². The lowest BCUT2D eigenvalue weighted by molar-refractivity contribution is -0.127. The molecule has 1 fully saturated rings. The van der Waals surface area contributed by atoms with Gasteiger partial charge in [0.1, 0.15) is 6.42 Å². The van der Waals surface area contributed by atoms with Crippen molar-refractivity contribution >= 4 is 17.5 Å². The van der Waals surface area contributed by atoms with E-state index in [1.807, 2.05) is 49.4 Å². The largest absolute Gasteiger partial charge is 0.354 e. The van der Waals surface area contributed by atoms with Gasteiger partial charge in [0.15, 0.2) is 0 Å². The van der Waals surface area contributed by atoms with Gasteiger partial charge in [0.2, 0.25) is 11.8 Å². The first-order valence-corrected chi connectivity index (χ1v) is 10.5. The first-order valence-electron chi connectivity index (χ1n) is 10.5. The van der Waals surface area contributed by atoms with Crippen LogP contribution < -0.4 is 10.6 Å². The molecule has 2 aromatic carbocycles. The number of benzene rings is 2. The molecule has 1 aliphatic rings. The van der Waals surface area contributed by atoms with Gasteiger partial charge in [-0.2, -0.15) is 0 Å². The molecule has 1 unspecified atom stereocenters. The zero-order valence-electron chi connectivity index (χ0n) is 17.2. The summed E-state index contributed by atoms with van der Waals surface area (Å²) < 4.78 is 0. The second-order valence-corrected chi connectivity index (χ2v) is 7.78. The highest BCUT2D eigenvalue weighted by Gasteiger charge is 2.22. The Bertz CT molecular complexity index is 799. The molecular weight excluding hydrogens is 362 g/mol. The number of hydrogen-bond acceptors (Lipinski definition) is 3. The average Bonchev–Trinajstić information content (AvgIpc) is 2.98. The van der Waals surface area contributed by atoms with Crippen LogP contribution in [0.15, 0.2) is 54.6 Å². The van der Waals surface area contributed by atoms with Crippen molar-refractivity contribution in [2.45, 2.75) is 45.1 Å². The van der Waals surface area contributed by atoms with Crippen LogP contribution in [0.5, 0.6) is 0 Å². The van der Waals surface area contributed by atoms with E-state index < -0.39 is 0 Å². The Balaban J connectivity index is 1.56. The summed E-state index contributed by atoms with van der Waals surface area (Å²) in [6.45, 7) is 4.57. The topological polar surface area (TPSA) is 61.4 Å². The summed E-state index contributed by atoms with van der Waals surface area (Å²) in [7, 11) is 0. The summed E-state index contributed by atoms with van der Waals surface area (Å²) in [5, 5.41) is 5.78. The molecule has 1 atom stereocenters. The minimum Gasteiger partial charge on any atom is -0.354 e. The Morgan fingerprint density at radius 2 is 1.66 bits per heavy atom. The highest BCUT2D eigenvalue weighted by molar-refractivity contribution is 6.03. The Kier molecular flexibility index (Phi) is 7.82. The molecule has 2 amide bonds. The van der Waals surface area contributed by atoms with E-state index in [4.69, 9.17) is 0 Å². The molecule has 0 bridgehead atoms. The van der Waals surface area contributed by atoms with Gasteiger partial charge in [-0.05, 0) is 56.1 Å². The van der Waals surface area contributed by atoms with Crippen molar-refractivity contribution in [2.75, 3.05) is 25.0 Å². The monoisotopic (exact) mass is 393 g/mol. The van der Waals surface area contributed by atoms with E-state index in [0.29, 0.717) is 6.54 Å². The molecule has 5 heteroatoms. The molecule has 2 aromatic rings. The van der Waals surface area contributed by atoms with Crippen LogP contribution >= 0.6 is 0 Å². The van der Waals surface area contributed by atoms with E-state index in [-0.39, 0.29) is 24.3 Å². The molecule has 0 radical (unpaired) electrons. The SMILES string of the molecule is Cc1cccc(NC(=O)CC(=O)NCC(c2ccccc2)N2CCCCCC2)c1. The molecule has 0 spiro atoms. The maximum atomic E-state index is 12.4. The van der Waals surface area contributed by atoms with Crippen molar-refractivity contribution in [3.8, 4) is 0 Å². The predicted octanol–water partition coefficient (Wildman–Crippen LogP) is 4.06. The van der Waals surface area contributed by atoms with Gasteiger partial charge in [-0.1, -0.05) is 55.3 Å². The third-order valence-electron chi connectivity index (χ3n) is 5.38. The fourth-order valence-electron chi connectivity index (χ4n) is 3.89. The van der Waals surface area contributed by atoms with Gasteiger partial charge in [-0.3, -0.25) is 14.5 Å². The molecule has 2 N–H and O–H groups in total. The molecule has 0 aromatic heterocycles. The molecule has 1 heterocycles. The third-order valence-corrected chi connectivity index (χ3v) is 5.38. The number of nitrogens with one attached hydrogen (secondary N) is 2. The van der Waals surface area contributed by atoms with Crippen molar-refractivity contribution < 1.29 is 9.59 Å². The van der Waals surface area contributed by atoms with Crippen LogP contribution in [-0.2, 0) is 9.59 Å². The highest BCUT2D eigenvalue weighted by atomic mass is 16.2. The number of likely N-dealkylation sites (tertiary alicyclic amines) is 1. The Labute approximate surface area is 173 Å². The average molecular weight is 394 g/mol. The van der Waals surface area contributed by atoms with Crippen LogP contribution in [0, 0.1) is 6.92 Å². The maximum Gasteiger partial charge on any atom is 0.233 e. The third kappa shape index (κ3) is 6.71. The van der Waals surface area contributed by atoms with E-state index in [0.717, 1.165) is 24.3 Å². The quantitative estimate of drug-likeness (QED) is 0.698. The second-order valence-electron chi connectivity index (χ2n) is 7.78. The van der Waals surface area contributed by atoms with Gasteiger partial charge >= 0.3 is 0 Å². The van der Waals surface area contributed by atoms with Crippen molar-refractivity contribution in [1.29, 1.82) is 0 Å². The van der Waals surface area contributed by atoms with Gasteiger partial charge < -0.3 is 10.6 Å². The number of anilines is 1. The van der Waals surface area contributed by atoms with E-state index in [2.05, 4.69) is 27.7 Å².